The Morgan fingerprint density at radius 1 is 1.16 bits per heavy atom. The molecule has 0 spiro atoms. The van der Waals surface area contributed by atoms with Crippen molar-refractivity contribution in [2.75, 3.05) is 13.2 Å². The van der Waals surface area contributed by atoms with Gasteiger partial charge in [0.15, 0.2) is 0 Å². The molecule has 2 atom stereocenters. The smallest absolute Gasteiger partial charge is 0.226 e. The molecule has 1 unspecified atom stereocenters. The van der Waals surface area contributed by atoms with Gasteiger partial charge >= 0.3 is 0 Å². The topological polar surface area (TPSA) is 64.3 Å². The first-order valence-corrected chi connectivity index (χ1v) is 12.0. The first-order valence-electron chi connectivity index (χ1n) is 12.0. The second-order valence-electron chi connectivity index (χ2n) is 10.3. The van der Waals surface area contributed by atoms with Crippen molar-refractivity contribution >= 4 is 5.91 Å². The number of benzene rings is 1. The number of rotatable bonds is 7. The van der Waals surface area contributed by atoms with Gasteiger partial charge in [-0.3, -0.25) is 4.79 Å². The SMILES string of the molecule is C[C@H]1CCCC(NC(=O)C23CCC(c4ccc(OC/C(=C/F)CN)cc4)(CC2)CC3)C1. The van der Waals surface area contributed by atoms with Crippen LogP contribution in [0.3, 0.4) is 0 Å². The molecule has 0 heterocycles. The molecule has 170 valence electrons. The molecule has 1 aromatic carbocycles. The lowest BCUT2D eigenvalue weighted by molar-refractivity contribution is -0.139. The van der Waals surface area contributed by atoms with Crippen molar-refractivity contribution in [3.05, 3.63) is 41.7 Å². The molecule has 1 amide bonds. The van der Waals surface area contributed by atoms with Gasteiger partial charge in [-0.1, -0.05) is 31.9 Å². The molecule has 5 heteroatoms. The van der Waals surface area contributed by atoms with Crippen molar-refractivity contribution in [1.29, 1.82) is 0 Å². The molecule has 4 aliphatic carbocycles. The number of ether oxygens (including phenoxy) is 1. The highest BCUT2D eigenvalue weighted by Crippen LogP contribution is 2.58. The van der Waals surface area contributed by atoms with Crippen LogP contribution in [0.1, 0.15) is 76.7 Å². The molecule has 5 rings (SSSR count). The third-order valence-corrected chi connectivity index (χ3v) is 8.31. The molecule has 4 fully saturated rings. The number of hydrogen-bond acceptors (Lipinski definition) is 3. The summed E-state index contributed by atoms with van der Waals surface area (Å²) >= 11 is 0. The molecule has 0 saturated heterocycles. The number of fused-ring (bicyclic) bond motifs is 3. The van der Waals surface area contributed by atoms with E-state index in [4.69, 9.17) is 10.5 Å². The van der Waals surface area contributed by atoms with Crippen LogP contribution in [0.4, 0.5) is 4.39 Å². The molecular weight excluding hydrogens is 391 g/mol. The second-order valence-corrected chi connectivity index (χ2v) is 10.3. The fourth-order valence-electron chi connectivity index (χ4n) is 6.08. The standard InChI is InChI=1S/C26H37FN2O2/c1-19-3-2-4-22(15-19)29-24(30)26-12-9-25(10-13-26,11-14-26)21-5-7-23(8-6-21)31-18-20(16-27)17-28/h5-8,16,19,22H,2-4,9-15,17-18,28H2,1H3,(H,29,30)/b20-16+/t19-,22?,25?,26?/m0/s1. The molecule has 2 bridgehead atoms. The van der Waals surface area contributed by atoms with Crippen molar-refractivity contribution in [3.8, 4) is 5.75 Å². The van der Waals surface area contributed by atoms with E-state index in [2.05, 4.69) is 24.4 Å². The summed E-state index contributed by atoms with van der Waals surface area (Å²) in [5.74, 6) is 1.78. The number of nitrogens with one attached hydrogen (secondary N) is 1. The number of hydrogen-bond donors (Lipinski definition) is 2. The summed E-state index contributed by atoms with van der Waals surface area (Å²) in [6, 6.07) is 8.63. The van der Waals surface area contributed by atoms with Crippen LogP contribution in [0.15, 0.2) is 36.2 Å². The summed E-state index contributed by atoms with van der Waals surface area (Å²) in [6.45, 7) is 2.64. The quantitative estimate of drug-likeness (QED) is 0.630. The highest BCUT2D eigenvalue weighted by molar-refractivity contribution is 5.83. The van der Waals surface area contributed by atoms with E-state index in [1.54, 1.807) is 0 Å². The Morgan fingerprint density at radius 3 is 2.42 bits per heavy atom. The lowest BCUT2D eigenvalue weighted by atomic mass is 9.51. The van der Waals surface area contributed by atoms with E-state index in [0.717, 1.165) is 63.0 Å². The molecule has 4 aliphatic rings. The van der Waals surface area contributed by atoms with Gasteiger partial charge in [0.2, 0.25) is 5.91 Å². The third-order valence-electron chi connectivity index (χ3n) is 8.31. The van der Waals surface area contributed by atoms with Crippen molar-refractivity contribution in [1.82, 2.24) is 5.32 Å². The van der Waals surface area contributed by atoms with E-state index in [0.29, 0.717) is 23.9 Å². The van der Waals surface area contributed by atoms with Crippen LogP contribution in [0.25, 0.3) is 0 Å². The largest absolute Gasteiger partial charge is 0.489 e. The van der Waals surface area contributed by atoms with Gasteiger partial charge in [-0.25, -0.2) is 4.39 Å². The maximum absolute atomic E-state index is 13.2. The molecule has 0 aromatic heterocycles. The zero-order valence-electron chi connectivity index (χ0n) is 18.8. The Bertz CT molecular complexity index is 780. The minimum Gasteiger partial charge on any atom is -0.489 e. The zero-order chi connectivity index (χ0) is 21.9. The highest BCUT2D eigenvalue weighted by Gasteiger charge is 2.53. The van der Waals surface area contributed by atoms with Crippen LogP contribution >= 0.6 is 0 Å². The lowest BCUT2D eigenvalue weighted by Crippen LogP contribution is -2.53. The maximum atomic E-state index is 13.2. The van der Waals surface area contributed by atoms with Crippen molar-refractivity contribution in [3.63, 3.8) is 0 Å². The second kappa shape index (κ2) is 9.32. The summed E-state index contributed by atoms with van der Waals surface area (Å²) in [4.78, 5) is 13.2. The van der Waals surface area contributed by atoms with Gasteiger partial charge < -0.3 is 15.8 Å². The van der Waals surface area contributed by atoms with Gasteiger partial charge in [0.1, 0.15) is 12.4 Å². The highest BCUT2D eigenvalue weighted by atomic mass is 19.1. The van der Waals surface area contributed by atoms with Crippen LogP contribution in [0.5, 0.6) is 5.75 Å². The van der Waals surface area contributed by atoms with Crippen LogP contribution in [0, 0.1) is 11.3 Å². The van der Waals surface area contributed by atoms with Crippen LogP contribution in [-0.4, -0.2) is 25.1 Å². The van der Waals surface area contributed by atoms with Crippen molar-refractivity contribution in [2.24, 2.45) is 17.1 Å². The lowest BCUT2D eigenvalue weighted by Gasteiger charge is -2.53. The van der Waals surface area contributed by atoms with Gasteiger partial charge in [0.05, 0.1) is 6.33 Å². The van der Waals surface area contributed by atoms with Gasteiger partial charge in [-0.2, -0.15) is 0 Å². The monoisotopic (exact) mass is 428 g/mol. The maximum Gasteiger partial charge on any atom is 0.226 e. The number of carbonyl (C=O) groups is 1. The predicted molar refractivity (Wildman–Crippen MR) is 122 cm³/mol. The fraction of sp³-hybridized carbons (Fsp3) is 0.654. The van der Waals surface area contributed by atoms with Gasteiger partial charge in [0.25, 0.3) is 0 Å². The van der Waals surface area contributed by atoms with E-state index in [1.807, 2.05) is 12.1 Å². The molecule has 0 aliphatic heterocycles. The summed E-state index contributed by atoms with van der Waals surface area (Å²) < 4.78 is 18.3. The Kier molecular flexibility index (Phi) is 6.71. The van der Waals surface area contributed by atoms with E-state index in [1.165, 1.54) is 18.4 Å². The first kappa shape index (κ1) is 22.3. The van der Waals surface area contributed by atoms with Gasteiger partial charge in [-0.15, -0.1) is 0 Å². The number of carbonyl (C=O) groups excluding carboxylic acids is 1. The summed E-state index contributed by atoms with van der Waals surface area (Å²) in [5.41, 5.74) is 7.30. The number of halogens is 1. The normalized spacial score (nSPS) is 33.2. The fourth-order valence-corrected chi connectivity index (χ4v) is 6.08. The average Bonchev–Trinajstić information content (AvgIpc) is 2.81. The molecule has 0 radical (unpaired) electrons. The molecule has 31 heavy (non-hydrogen) atoms. The molecule has 1 aromatic rings. The van der Waals surface area contributed by atoms with Crippen molar-refractivity contribution < 1.29 is 13.9 Å². The van der Waals surface area contributed by atoms with E-state index in [9.17, 15) is 9.18 Å². The third kappa shape index (κ3) is 4.67. The molecule has 4 nitrogen and oxygen atoms in total. The number of amides is 1. The minimum atomic E-state index is -0.150. The van der Waals surface area contributed by atoms with E-state index < -0.39 is 0 Å². The van der Waals surface area contributed by atoms with Crippen LogP contribution in [0.2, 0.25) is 0 Å². The summed E-state index contributed by atoms with van der Waals surface area (Å²) in [5, 5.41) is 3.43. The Morgan fingerprint density at radius 2 is 1.84 bits per heavy atom. The van der Waals surface area contributed by atoms with Crippen LogP contribution in [-0.2, 0) is 10.2 Å². The first-order chi connectivity index (χ1) is 15.0. The van der Waals surface area contributed by atoms with Crippen molar-refractivity contribution in [2.45, 2.75) is 82.6 Å². The van der Waals surface area contributed by atoms with E-state index in [-0.39, 0.29) is 24.0 Å². The minimum absolute atomic E-state index is 0.150. The molecular formula is C26H37FN2O2. The van der Waals surface area contributed by atoms with E-state index >= 15 is 0 Å². The summed E-state index contributed by atoms with van der Waals surface area (Å²) in [7, 11) is 0. The molecule has 4 saturated carbocycles. The Labute approximate surface area is 185 Å². The summed E-state index contributed by atoms with van der Waals surface area (Å²) in [6.07, 6.45) is 11.5. The molecule has 3 N–H and O–H groups in total. The Hall–Kier alpha value is -1.88. The van der Waals surface area contributed by atoms with Crippen LogP contribution < -0.4 is 15.8 Å². The van der Waals surface area contributed by atoms with Gasteiger partial charge in [0, 0.05) is 23.6 Å². The Balaban J connectivity index is 1.35. The predicted octanol–water partition coefficient (Wildman–Crippen LogP) is 5.16. The zero-order valence-corrected chi connectivity index (χ0v) is 18.8. The number of nitrogens with two attached hydrogens (primary N) is 1. The van der Waals surface area contributed by atoms with Gasteiger partial charge in [-0.05, 0) is 80.4 Å². The average molecular weight is 429 g/mol.